The van der Waals surface area contributed by atoms with Crippen LogP contribution in [0.15, 0.2) is 64.0 Å². The highest BCUT2D eigenvalue weighted by Crippen LogP contribution is 2.25. The first-order chi connectivity index (χ1) is 10.2. The summed E-state index contributed by atoms with van der Waals surface area (Å²) < 4.78 is 7.03. The summed E-state index contributed by atoms with van der Waals surface area (Å²) in [5.41, 5.74) is 1.68. The standard InChI is InChI=1S/C16H9ClN2O2/c17-10-6-7-14-12(8-10)15-13(9-18-14)16(20)19(21-15)11-4-2-1-3-5-11/h1-9H. The third kappa shape index (κ3) is 1.84. The molecule has 0 atom stereocenters. The maximum Gasteiger partial charge on any atom is 0.296 e. The zero-order chi connectivity index (χ0) is 14.4. The molecule has 0 saturated heterocycles. The van der Waals surface area contributed by atoms with Crippen molar-refractivity contribution in [3.8, 4) is 5.69 Å². The van der Waals surface area contributed by atoms with Gasteiger partial charge < -0.3 is 4.52 Å². The van der Waals surface area contributed by atoms with Crippen LogP contribution < -0.4 is 5.56 Å². The number of nitrogens with zero attached hydrogens (tertiary/aromatic N) is 2. The fourth-order valence-corrected chi connectivity index (χ4v) is 2.54. The number of benzene rings is 2. The van der Waals surface area contributed by atoms with Crippen LogP contribution in [-0.4, -0.2) is 9.72 Å². The van der Waals surface area contributed by atoms with Gasteiger partial charge in [-0.25, -0.2) is 0 Å². The van der Waals surface area contributed by atoms with Crippen molar-refractivity contribution in [2.45, 2.75) is 0 Å². The largest absolute Gasteiger partial charge is 0.370 e. The quantitative estimate of drug-likeness (QED) is 0.537. The van der Waals surface area contributed by atoms with Gasteiger partial charge in [0.15, 0.2) is 5.58 Å². The summed E-state index contributed by atoms with van der Waals surface area (Å²) >= 11 is 6.03. The normalized spacial score (nSPS) is 11.3. The minimum atomic E-state index is -0.231. The summed E-state index contributed by atoms with van der Waals surface area (Å²) in [4.78, 5) is 16.7. The lowest BCUT2D eigenvalue weighted by Crippen LogP contribution is -2.11. The molecule has 21 heavy (non-hydrogen) atoms. The van der Waals surface area contributed by atoms with E-state index in [0.29, 0.717) is 21.7 Å². The molecule has 0 unspecified atom stereocenters. The topological polar surface area (TPSA) is 48.0 Å². The monoisotopic (exact) mass is 296 g/mol. The Morgan fingerprint density at radius 2 is 1.86 bits per heavy atom. The van der Waals surface area contributed by atoms with Crippen molar-refractivity contribution < 1.29 is 4.52 Å². The molecule has 0 saturated carbocycles. The number of pyridine rings is 1. The first kappa shape index (κ1) is 12.2. The van der Waals surface area contributed by atoms with Crippen LogP contribution in [0, 0.1) is 0 Å². The average Bonchev–Trinajstić information content (AvgIpc) is 2.86. The molecule has 0 aliphatic heterocycles. The van der Waals surface area contributed by atoms with Gasteiger partial charge in [-0.2, -0.15) is 0 Å². The molecule has 2 aromatic carbocycles. The Morgan fingerprint density at radius 3 is 2.67 bits per heavy atom. The van der Waals surface area contributed by atoms with Gasteiger partial charge in [0.05, 0.1) is 11.2 Å². The molecule has 0 aliphatic rings. The smallest absolute Gasteiger partial charge is 0.296 e. The molecule has 4 aromatic rings. The highest BCUT2D eigenvalue weighted by atomic mass is 35.5. The van der Waals surface area contributed by atoms with E-state index in [2.05, 4.69) is 4.98 Å². The molecule has 0 aliphatic carbocycles. The highest BCUT2D eigenvalue weighted by Gasteiger charge is 2.14. The fourth-order valence-electron chi connectivity index (χ4n) is 2.37. The maximum atomic E-state index is 12.5. The minimum absolute atomic E-state index is 0.231. The molecule has 2 aromatic heterocycles. The Hall–Kier alpha value is -2.59. The van der Waals surface area contributed by atoms with E-state index in [1.807, 2.05) is 30.3 Å². The van der Waals surface area contributed by atoms with Crippen LogP contribution in [-0.2, 0) is 0 Å². The van der Waals surface area contributed by atoms with Crippen LogP contribution >= 0.6 is 11.6 Å². The molecule has 4 rings (SSSR count). The van der Waals surface area contributed by atoms with Crippen molar-refractivity contribution >= 4 is 33.5 Å². The molecule has 0 N–H and O–H groups in total. The van der Waals surface area contributed by atoms with Gasteiger partial charge in [0.25, 0.3) is 5.56 Å². The predicted molar refractivity (Wildman–Crippen MR) is 82.1 cm³/mol. The number of fused-ring (bicyclic) bond motifs is 3. The SMILES string of the molecule is O=c1c2cnc3ccc(Cl)cc3c2on1-c1ccccc1. The van der Waals surface area contributed by atoms with Crippen LogP contribution in [0.25, 0.3) is 27.6 Å². The van der Waals surface area contributed by atoms with Gasteiger partial charge in [0.1, 0.15) is 5.39 Å². The summed E-state index contributed by atoms with van der Waals surface area (Å²) in [6.07, 6.45) is 1.54. The lowest BCUT2D eigenvalue weighted by molar-refractivity contribution is 0.370. The van der Waals surface area contributed by atoms with Gasteiger partial charge in [0, 0.05) is 16.6 Å². The molecular weight excluding hydrogens is 288 g/mol. The van der Waals surface area contributed by atoms with Gasteiger partial charge >= 0.3 is 0 Å². The second kappa shape index (κ2) is 4.46. The zero-order valence-electron chi connectivity index (χ0n) is 10.8. The van der Waals surface area contributed by atoms with Crippen molar-refractivity contribution in [1.29, 1.82) is 0 Å². The molecular formula is C16H9ClN2O2. The third-order valence-corrected chi connectivity index (χ3v) is 3.60. The number of halogens is 1. The summed E-state index contributed by atoms with van der Waals surface area (Å²) in [7, 11) is 0. The van der Waals surface area contributed by atoms with Crippen molar-refractivity contribution in [1.82, 2.24) is 9.72 Å². The summed E-state index contributed by atoms with van der Waals surface area (Å²) in [6, 6.07) is 14.5. The van der Waals surface area contributed by atoms with E-state index in [1.54, 1.807) is 18.2 Å². The van der Waals surface area contributed by atoms with Crippen molar-refractivity contribution in [2.24, 2.45) is 0 Å². The van der Waals surface area contributed by atoms with E-state index in [1.165, 1.54) is 10.9 Å². The first-order valence-electron chi connectivity index (χ1n) is 6.40. The molecule has 0 radical (unpaired) electrons. The minimum Gasteiger partial charge on any atom is -0.370 e. The molecule has 5 heteroatoms. The molecule has 2 heterocycles. The summed E-state index contributed by atoms with van der Waals surface area (Å²) in [5, 5.41) is 1.74. The number of aromatic nitrogens is 2. The second-order valence-corrected chi connectivity index (χ2v) is 5.13. The van der Waals surface area contributed by atoms with Crippen molar-refractivity contribution in [3.63, 3.8) is 0 Å². The van der Waals surface area contributed by atoms with Crippen LogP contribution in [0.5, 0.6) is 0 Å². The number of hydrogen-bond donors (Lipinski definition) is 0. The first-order valence-corrected chi connectivity index (χ1v) is 6.77. The molecule has 4 nitrogen and oxygen atoms in total. The van der Waals surface area contributed by atoms with Crippen LogP contribution in [0.1, 0.15) is 0 Å². The van der Waals surface area contributed by atoms with E-state index in [4.69, 9.17) is 16.1 Å². The van der Waals surface area contributed by atoms with Gasteiger partial charge in [-0.3, -0.25) is 9.78 Å². The average molecular weight is 297 g/mol. The molecule has 102 valence electrons. The molecule has 0 fully saturated rings. The number of para-hydroxylation sites is 1. The van der Waals surface area contributed by atoms with Crippen molar-refractivity contribution in [3.05, 3.63) is 70.1 Å². The van der Waals surface area contributed by atoms with Crippen LogP contribution in [0.3, 0.4) is 0 Å². The lowest BCUT2D eigenvalue weighted by Gasteiger charge is -1.98. The third-order valence-electron chi connectivity index (χ3n) is 3.37. The Bertz CT molecular complexity index is 1020. The van der Waals surface area contributed by atoms with Gasteiger partial charge in [-0.15, -0.1) is 4.74 Å². The van der Waals surface area contributed by atoms with E-state index >= 15 is 0 Å². The lowest BCUT2D eigenvalue weighted by atomic mass is 10.2. The fraction of sp³-hybridized carbons (Fsp3) is 0. The van der Waals surface area contributed by atoms with E-state index in [0.717, 1.165) is 10.9 Å². The second-order valence-electron chi connectivity index (χ2n) is 4.69. The van der Waals surface area contributed by atoms with E-state index < -0.39 is 0 Å². The zero-order valence-corrected chi connectivity index (χ0v) is 11.5. The molecule has 0 spiro atoms. The Kier molecular flexibility index (Phi) is 2.59. The van der Waals surface area contributed by atoms with Crippen LogP contribution in [0.2, 0.25) is 5.02 Å². The van der Waals surface area contributed by atoms with E-state index in [9.17, 15) is 4.79 Å². The van der Waals surface area contributed by atoms with E-state index in [-0.39, 0.29) is 5.56 Å². The number of hydrogen-bond acceptors (Lipinski definition) is 3. The highest BCUT2D eigenvalue weighted by molar-refractivity contribution is 6.31. The summed E-state index contributed by atoms with van der Waals surface area (Å²) in [6.45, 7) is 0. The Balaban J connectivity index is 2.13. The van der Waals surface area contributed by atoms with Gasteiger partial charge in [0.2, 0.25) is 0 Å². The van der Waals surface area contributed by atoms with Gasteiger partial charge in [-0.1, -0.05) is 29.8 Å². The summed E-state index contributed by atoms with van der Waals surface area (Å²) in [5.74, 6) is 0. The number of rotatable bonds is 1. The van der Waals surface area contributed by atoms with Crippen molar-refractivity contribution in [2.75, 3.05) is 0 Å². The maximum absolute atomic E-state index is 12.5. The Morgan fingerprint density at radius 1 is 1.05 bits per heavy atom. The predicted octanol–water partition coefficient (Wildman–Crippen LogP) is 3.79. The van der Waals surface area contributed by atoms with Gasteiger partial charge in [-0.05, 0) is 30.3 Å². The molecule has 0 bridgehead atoms. The molecule has 0 amide bonds. The Labute approximate surface area is 124 Å². The van der Waals surface area contributed by atoms with Crippen LogP contribution in [0.4, 0.5) is 0 Å².